The van der Waals surface area contributed by atoms with Gasteiger partial charge in [0.05, 0.1) is 6.20 Å². The first kappa shape index (κ1) is 11.4. The molecule has 0 aromatic carbocycles. The van der Waals surface area contributed by atoms with Gasteiger partial charge >= 0.3 is 0 Å². The van der Waals surface area contributed by atoms with Crippen LogP contribution in [0.4, 0.5) is 0 Å². The molecule has 0 amide bonds. The van der Waals surface area contributed by atoms with E-state index < -0.39 is 0 Å². The van der Waals surface area contributed by atoms with E-state index in [0.29, 0.717) is 5.78 Å². The van der Waals surface area contributed by atoms with Gasteiger partial charge in [-0.1, -0.05) is 12.8 Å². The molecule has 1 aromatic rings. The summed E-state index contributed by atoms with van der Waals surface area (Å²) in [6, 6.07) is 0. The second kappa shape index (κ2) is 5.28. The third-order valence-corrected chi connectivity index (χ3v) is 3.42. The smallest absolute Gasteiger partial charge is 0.136 e. The van der Waals surface area contributed by atoms with Crippen LogP contribution in [0.5, 0.6) is 0 Å². The predicted octanol–water partition coefficient (Wildman–Crippen LogP) is 2.59. The normalized spacial score (nSPS) is 22.1. The zero-order valence-electron chi connectivity index (χ0n) is 9.98. The Morgan fingerprint density at radius 2 is 2.31 bits per heavy atom. The first-order valence-electron chi connectivity index (χ1n) is 6.33. The molecule has 0 aliphatic heterocycles. The van der Waals surface area contributed by atoms with Gasteiger partial charge in [0.15, 0.2) is 0 Å². The molecule has 88 valence electrons. The topological polar surface area (TPSA) is 34.9 Å². The summed E-state index contributed by atoms with van der Waals surface area (Å²) in [6.45, 7) is 2.98. The standard InChI is InChI=1S/C13H20N2O/c1-2-15-10-11(9-14-15)8-12-6-4-3-5-7-13(12)16/h9-10,12H,2-8H2,1H3. The van der Waals surface area contributed by atoms with E-state index in [9.17, 15) is 4.79 Å². The van der Waals surface area contributed by atoms with Crippen LogP contribution in [0.2, 0.25) is 0 Å². The third-order valence-electron chi connectivity index (χ3n) is 3.42. The summed E-state index contributed by atoms with van der Waals surface area (Å²) in [5.41, 5.74) is 1.21. The highest BCUT2D eigenvalue weighted by atomic mass is 16.1. The minimum atomic E-state index is 0.247. The summed E-state index contributed by atoms with van der Waals surface area (Å²) in [4.78, 5) is 11.9. The lowest BCUT2D eigenvalue weighted by molar-refractivity contribution is -0.122. The number of ketones is 1. The molecule has 3 nitrogen and oxygen atoms in total. The molecule has 0 bridgehead atoms. The summed E-state index contributed by atoms with van der Waals surface area (Å²) in [5, 5.41) is 4.25. The van der Waals surface area contributed by atoms with E-state index in [2.05, 4.69) is 18.2 Å². The molecular weight excluding hydrogens is 200 g/mol. The van der Waals surface area contributed by atoms with Gasteiger partial charge in [0.1, 0.15) is 5.78 Å². The second-order valence-corrected chi connectivity index (χ2v) is 4.67. The molecule has 2 rings (SSSR count). The molecule has 1 unspecified atom stereocenters. The van der Waals surface area contributed by atoms with E-state index in [4.69, 9.17) is 0 Å². The Balaban J connectivity index is 1.99. The zero-order chi connectivity index (χ0) is 11.4. The SMILES string of the molecule is CCn1cc(CC2CCCCCC2=O)cn1. The van der Waals surface area contributed by atoms with Crippen LogP contribution in [-0.4, -0.2) is 15.6 Å². The van der Waals surface area contributed by atoms with E-state index in [-0.39, 0.29) is 5.92 Å². The Kier molecular flexibility index (Phi) is 3.75. The summed E-state index contributed by atoms with van der Waals surface area (Å²) < 4.78 is 1.93. The molecule has 1 aromatic heterocycles. The van der Waals surface area contributed by atoms with Crippen molar-refractivity contribution in [2.45, 2.75) is 52.0 Å². The molecule has 3 heteroatoms. The van der Waals surface area contributed by atoms with Crippen molar-refractivity contribution in [2.75, 3.05) is 0 Å². The van der Waals surface area contributed by atoms with Crippen LogP contribution in [-0.2, 0) is 17.8 Å². The van der Waals surface area contributed by atoms with Crippen molar-refractivity contribution < 1.29 is 4.79 Å². The lowest BCUT2D eigenvalue weighted by Gasteiger charge is -2.10. The number of Topliss-reactive ketones (excluding diaryl/α,β-unsaturated/α-hetero) is 1. The van der Waals surface area contributed by atoms with Gasteiger partial charge in [-0.15, -0.1) is 0 Å². The number of hydrogen-bond donors (Lipinski definition) is 0. The lowest BCUT2D eigenvalue weighted by atomic mass is 9.93. The predicted molar refractivity (Wildman–Crippen MR) is 63.2 cm³/mol. The van der Waals surface area contributed by atoms with E-state index >= 15 is 0 Å². The second-order valence-electron chi connectivity index (χ2n) is 4.67. The number of carbonyl (C=O) groups is 1. The van der Waals surface area contributed by atoms with Crippen molar-refractivity contribution in [3.63, 3.8) is 0 Å². The van der Waals surface area contributed by atoms with Crippen LogP contribution in [0.3, 0.4) is 0 Å². The molecule has 0 N–H and O–H groups in total. The number of carbonyl (C=O) groups excluding carboxylic acids is 1. The van der Waals surface area contributed by atoms with Crippen molar-refractivity contribution >= 4 is 5.78 Å². The van der Waals surface area contributed by atoms with Gasteiger partial charge in [0, 0.05) is 25.1 Å². The average molecular weight is 220 g/mol. The highest BCUT2D eigenvalue weighted by Gasteiger charge is 2.21. The first-order valence-corrected chi connectivity index (χ1v) is 6.33. The number of nitrogens with zero attached hydrogens (tertiary/aromatic N) is 2. The Morgan fingerprint density at radius 1 is 1.44 bits per heavy atom. The Bertz CT molecular complexity index is 357. The lowest BCUT2D eigenvalue weighted by Crippen LogP contribution is -2.14. The van der Waals surface area contributed by atoms with Crippen LogP contribution in [0.25, 0.3) is 0 Å². The van der Waals surface area contributed by atoms with Crippen molar-refractivity contribution in [3.05, 3.63) is 18.0 Å². The van der Waals surface area contributed by atoms with Crippen molar-refractivity contribution in [3.8, 4) is 0 Å². The fourth-order valence-electron chi connectivity index (χ4n) is 2.42. The Morgan fingerprint density at radius 3 is 3.06 bits per heavy atom. The van der Waals surface area contributed by atoms with Crippen LogP contribution in [0.15, 0.2) is 12.4 Å². The highest BCUT2D eigenvalue weighted by molar-refractivity contribution is 5.81. The van der Waals surface area contributed by atoms with Gasteiger partial charge < -0.3 is 0 Å². The molecule has 1 aliphatic carbocycles. The van der Waals surface area contributed by atoms with Gasteiger partial charge in [0.25, 0.3) is 0 Å². The van der Waals surface area contributed by atoms with E-state index in [1.54, 1.807) is 0 Å². The maximum absolute atomic E-state index is 11.9. The van der Waals surface area contributed by atoms with Crippen LogP contribution in [0.1, 0.15) is 44.6 Å². The molecule has 16 heavy (non-hydrogen) atoms. The summed E-state index contributed by atoms with van der Waals surface area (Å²) in [7, 11) is 0. The fourth-order valence-corrected chi connectivity index (χ4v) is 2.42. The largest absolute Gasteiger partial charge is 0.299 e. The Labute approximate surface area is 96.8 Å². The number of aryl methyl sites for hydroxylation is 1. The molecule has 0 radical (unpaired) electrons. The van der Waals surface area contributed by atoms with Gasteiger partial charge in [-0.3, -0.25) is 9.48 Å². The summed E-state index contributed by atoms with van der Waals surface area (Å²) in [6.07, 6.45) is 10.2. The van der Waals surface area contributed by atoms with Gasteiger partial charge in [-0.05, 0) is 31.7 Å². The number of rotatable bonds is 3. The van der Waals surface area contributed by atoms with Gasteiger partial charge in [-0.2, -0.15) is 5.10 Å². The fraction of sp³-hybridized carbons (Fsp3) is 0.692. The van der Waals surface area contributed by atoms with E-state index in [1.807, 2.05) is 10.9 Å². The molecular formula is C13H20N2O. The summed E-state index contributed by atoms with van der Waals surface area (Å²) in [5.74, 6) is 0.707. The molecule has 1 saturated carbocycles. The quantitative estimate of drug-likeness (QED) is 0.734. The molecule has 1 aliphatic rings. The van der Waals surface area contributed by atoms with Gasteiger partial charge in [0.2, 0.25) is 0 Å². The van der Waals surface area contributed by atoms with Gasteiger partial charge in [-0.25, -0.2) is 0 Å². The van der Waals surface area contributed by atoms with E-state index in [0.717, 1.165) is 32.2 Å². The van der Waals surface area contributed by atoms with Crippen molar-refractivity contribution in [1.29, 1.82) is 0 Å². The summed E-state index contributed by atoms with van der Waals surface area (Å²) >= 11 is 0. The molecule has 1 fully saturated rings. The molecule has 1 atom stereocenters. The maximum atomic E-state index is 11.9. The molecule has 0 spiro atoms. The average Bonchev–Trinajstić information content (AvgIpc) is 2.65. The maximum Gasteiger partial charge on any atom is 0.136 e. The number of aromatic nitrogens is 2. The monoisotopic (exact) mass is 220 g/mol. The minimum absolute atomic E-state index is 0.247. The minimum Gasteiger partial charge on any atom is -0.299 e. The molecule has 0 saturated heterocycles. The number of hydrogen-bond acceptors (Lipinski definition) is 2. The van der Waals surface area contributed by atoms with E-state index in [1.165, 1.54) is 18.4 Å². The van der Waals surface area contributed by atoms with Crippen LogP contribution >= 0.6 is 0 Å². The van der Waals surface area contributed by atoms with Crippen molar-refractivity contribution in [2.24, 2.45) is 5.92 Å². The Hall–Kier alpha value is -1.12. The van der Waals surface area contributed by atoms with Crippen LogP contribution in [0, 0.1) is 5.92 Å². The molecule has 1 heterocycles. The highest BCUT2D eigenvalue weighted by Crippen LogP contribution is 2.23. The van der Waals surface area contributed by atoms with Crippen LogP contribution < -0.4 is 0 Å². The first-order chi connectivity index (χ1) is 7.79. The van der Waals surface area contributed by atoms with Crippen molar-refractivity contribution in [1.82, 2.24) is 9.78 Å². The zero-order valence-corrected chi connectivity index (χ0v) is 9.98. The third kappa shape index (κ3) is 2.71.